The summed E-state index contributed by atoms with van der Waals surface area (Å²) in [7, 11) is 1.50. The van der Waals surface area contributed by atoms with Crippen molar-refractivity contribution in [1.29, 1.82) is 5.26 Å². The minimum atomic E-state index is -0.599. The van der Waals surface area contributed by atoms with Gasteiger partial charge in [0.1, 0.15) is 11.6 Å². The molecule has 4 rings (SSSR count). The van der Waals surface area contributed by atoms with Gasteiger partial charge in [0.05, 0.1) is 24.5 Å². The summed E-state index contributed by atoms with van der Waals surface area (Å²) < 4.78 is 6.83. The fourth-order valence-electron chi connectivity index (χ4n) is 3.98. The number of para-hydroxylation sites is 1. The van der Waals surface area contributed by atoms with Crippen LogP contribution in [0, 0.1) is 11.3 Å². The largest absolute Gasteiger partial charge is 0.383 e. The van der Waals surface area contributed by atoms with E-state index in [1.807, 2.05) is 54.7 Å². The molecular weight excluding hydrogens is 472 g/mol. The molecule has 0 N–H and O–H groups in total. The Labute approximate surface area is 214 Å². The first-order chi connectivity index (χ1) is 17.5. The Morgan fingerprint density at radius 2 is 1.81 bits per heavy atom. The normalized spacial score (nSPS) is 15.1. The molecule has 7 nitrogen and oxygen atoms in total. The number of carbonyl (C=O) groups is 2. The fraction of sp³-hybridized carbons (Fsp3) is 0.214. The molecule has 2 heterocycles. The first kappa shape index (κ1) is 25.2. The number of benzene rings is 2. The Hall–Kier alpha value is -3.93. The van der Waals surface area contributed by atoms with Crippen LogP contribution in [0.2, 0.25) is 0 Å². The van der Waals surface area contributed by atoms with Crippen LogP contribution in [-0.2, 0) is 14.3 Å². The molecule has 0 spiro atoms. The number of imide groups is 1. The molecule has 1 aromatic heterocycles. The molecule has 2 amide bonds. The zero-order chi connectivity index (χ0) is 25.7. The summed E-state index contributed by atoms with van der Waals surface area (Å²) in [6, 6.07) is 19.8. The van der Waals surface area contributed by atoms with E-state index >= 15 is 0 Å². The SMILES string of the molecule is CCSc1ccc(-c2nn(-c3ccccc3)cc2/C=C2/C(=O)N(CCOC)C(=O)C(C#N)=C2C)cc1. The molecule has 0 saturated carbocycles. The number of nitrogens with zero attached hydrogens (tertiary/aromatic N) is 4. The van der Waals surface area contributed by atoms with E-state index in [-0.39, 0.29) is 24.3 Å². The summed E-state index contributed by atoms with van der Waals surface area (Å²) >= 11 is 1.76. The number of rotatable bonds is 8. The van der Waals surface area contributed by atoms with Crippen LogP contribution in [0.5, 0.6) is 0 Å². The summed E-state index contributed by atoms with van der Waals surface area (Å²) in [5, 5.41) is 14.5. The van der Waals surface area contributed by atoms with E-state index < -0.39 is 11.8 Å². The fourth-order valence-corrected chi connectivity index (χ4v) is 4.64. The number of carbonyl (C=O) groups excluding carboxylic acids is 2. The number of methoxy groups -OCH3 is 1. The number of thioether (sulfide) groups is 1. The van der Waals surface area contributed by atoms with Gasteiger partial charge in [-0.15, -0.1) is 11.8 Å². The van der Waals surface area contributed by atoms with Gasteiger partial charge in [-0.2, -0.15) is 10.4 Å². The lowest BCUT2D eigenvalue weighted by Gasteiger charge is -2.27. The van der Waals surface area contributed by atoms with E-state index in [9.17, 15) is 14.9 Å². The van der Waals surface area contributed by atoms with Crippen molar-refractivity contribution >= 4 is 29.7 Å². The zero-order valence-corrected chi connectivity index (χ0v) is 21.2. The highest BCUT2D eigenvalue weighted by molar-refractivity contribution is 7.99. The molecule has 0 bridgehead atoms. The molecule has 0 fully saturated rings. The maximum Gasteiger partial charge on any atom is 0.271 e. The van der Waals surface area contributed by atoms with Gasteiger partial charge in [-0.25, -0.2) is 4.68 Å². The van der Waals surface area contributed by atoms with E-state index in [0.29, 0.717) is 16.8 Å². The molecule has 36 heavy (non-hydrogen) atoms. The van der Waals surface area contributed by atoms with Crippen molar-refractivity contribution in [3.05, 3.63) is 83.1 Å². The predicted molar refractivity (Wildman–Crippen MR) is 140 cm³/mol. The third-order valence-corrected chi connectivity index (χ3v) is 6.74. The van der Waals surface area contributed by atoms with Gasteiger partial charge in [0, 0.05) is 34.9 Å². The lowest BCUT2D eigenvalue weighted by atomic mass is 9.93. The molecule has 182 valence electrons. The van der Waals surface area contributed by atoms with Gasteiger partial charge in [-0.1, -0.05) is 37.3 Å². The predicted octanol–water partition coefficient (Wildman–Crippen LogP) is 4.89. The smallest absolute Gasteiger partial charge is 0.271 e. The van der Waals surface area contributed by atoms with Gasteiger partial charge in [-0.3, -0.25) is 14.5 Å². The molecule has 1 aliphatic rings. The van der Waals surface area contributed by atoms with Gasteiger partial charge in [-0.05, 0) is 48.6 Å². The van der Waals surface area contributed by atoms with Crippen LogP contribution in [0.3, 0.4) is 0 Å². The quantitative estimate of drug-likeness (QED) is 0.250. The number of ether oxygens (including phenoxy) is 1. The topological polar surface area (TPSA) is 88.2 Å². The van der Waals surface area contributed by atoms with Gasteiger partial charge >= 0.3 is 0 Å². The van der Waals surface area contributed by atoms with Gasteiger partial charge < -0.3 is 4.74 Å². The van der Waals surface area contributed by atoms with Crippen molar-refractivity contribution in [2.24, 2.45) is 0 Å². The van der Waals surface area contributed by atoms with Crippen molar-refractivity contribution in [3.63, 3.8) is 0 Å². The minimum Gasteiger partial charge on any atom is -0.383 e. The van der Waals surface area contributed by atoms with E-state index in [1.165, 1.54) is 7.11 Å². The van der Waals surface area contributed by atoms with Crippen LogP contribution in [0.25, 0.3) is 23.0 Å². The van der Waals surface area contributed by atoms with Crippen LogP contribution >= 0.6 is 11.8 Å². The Balaban J connectivity index is 1.87. The second-order valence-corrected chi connectivity index (χ2v) is 9.43. The van der Waals surface area contributed by atoms with Crippen molar-refractivity contribution in [2.75, 3.05) is 26.0 Å². The van der Waals surface area contributed by atoms with E-state index in [1.54, 1.807) is 29.4 Å². The van der Waals surface area contributed by atoms with Gasteiger partial charge in [0.25, 0.3) is 11.8 Å². The summed E-state index contributed by atoms with van der Waals surface area (Å²) in [6.07, 6.45) is 3.58. The lowest BCUT2D eigenvalue weighted by molar-refractivity contribution is -0.141. The maximum atomic E-state index is 13.4. The maximum absolute atomic E-state index is 13.4. The van der Waals surface area contributed by atoms with Crippen LogP contribution in [0.4, 0.5) is 0 Å². The molecule has 2 aromatic carbocycles. The molecule has 0 radical (unpaired) electrons. The Morgan fingerprint density at radius 3 is 2.44 bits per heavy atom. The third kappa shape index (κ3) is 5.03. The van der Waals surface area contributed by atoms with Gasteiger partial charge in [0.2, 0.25) is 0 Å². The van der Waals surface area contributed by atoms with E-state index in [4.69, 9.17) is 9.84 Å². The number of amides is 2. The highest BCUT2D eigenvalue weighted by atomic mass is 32.2. The number of hydrogen-bond acceptors (Lipinski definition) is 6. The van der Waals surface area contributed by atoms with Gasteiger partial charge in [0.15, 0.2) is 0 Å². The first-order valence-corrected chi connectivity index (χ1v) is 12.5. The van der Waals surface area contributed by atoms with Crippen LogP contribution < -0.4 is 0 Å². The highest BCUT2D eigenvalue weighted by Gasteiger charge is 2.35. The molecule has 0 unspecified atom stereocenters. The van der Waals surface area contributed by atoms with E-state index in [2.05, 4.69) is 19.1 Å². The van der Waals surface area contributed by atoms with Crippen molar-refractivity contribution in [2.45, 2.75) is 18.7 Å². The van der Waals surface area contributed by atoms with Crippen LogP contribution in [0.1, 0.15) is 19.4 Å². The lowest BCUT2D eigenvalue weighted by Crippen LogP contribution is -2.44. The molecule has 0 atom stereocenters. The second kappa shape index (κ2) is 11.2. The number of nitriles is 1. The first-order valence-electron chi connectivity index (χ1n) is 11.5. The Bertz CT molecular complexity index is 1380. The van der Waals surface area contributed by atoms with Crippen molar-refractivity contribution in [3.8, 4) is 23.0 Å². The standard InChI is InChI=1S/C28H26N4O3S/c1-4-36-23-12-10-20(11-13-23)26-21(18-32(30-26)22-8-6-5-7-9-22)16-24-19(2)25(17-29)28(34)31(27(24)33)14-15-35-3/h5-13,16,18H,4,14-15H2,1-3H3/b24-16+. The second-order valence-electron chi connectivity index (χ2n) is 8.10. The van der Waals surface area contributed by atoms with E-state index in [0.717, 1.165) is 26.8 Å². The van der Waals surface area contributed by atoms with Crippen LogP contribution in [-0.4, -0.2) is 52.5 Å². The summed E-state index contributed by atoms with van der Waals surface area (Å²) in [5.41, 5.74) is 3.76. The zero-order valence-electron chi connectivity index (χ0n) is 20.4. The Kier molecular flexibility index (Phi) is 7.84. The highest BCUT2D eigenvalue weighted by Crippen LogP contribution is 2.32. The molecule has 3 aromatic rings. The Morgan fingerprint density at radius 1 is 1.08 bits per heavy atom. The summed E-state index contributed by atoms with van der Waals surface area (Å²) in [6.45, 7) is 3.99. The monoisotopic (exact) mass is 498 g/mol. The number of aromatic nitrogens is 2. The summed E-state index contributed by atoms with van der Waals surface area (Å²) in [4.78, 5) is 28.4. The molecule has 1 aliphatic heterocycles. The summed E-state index contributed by atoms with van der Waals surface area (Å²) in [5.74, 6) is -0.0767. The third-order valence-electron chi connectivity index (χ3n) is 5.85. The van der Waals surface area contributed by atoms with Crippen molar-refractivity contribution < 1.29 is 14.3 Å². The molecule has 0 aliphatic carbocycles. The average Bonchev–Trinajstić information content (AvgIpc) is 3.32. The number of hydrogen-bond donors (Lipinski definition) is 0. The van der Waals surface area contributed by atoms with Crippen molar-refractivity contribution in [1.82, 2.24) is 14.7 Å². The van der Waals surface area contributed by atoms with Crippen LogP contribution in [0.15, 0.2) is 82.4 Å². The molecular formula is C28H26N4O3S. The molecule has 0 saturated heterocycles. The molecule has 8 heteroatoms. The minimum absolute atomic E-state index is 0.0464. The average molecular weight is 499 g/mol.